The number of hydrogen-bond acceptors (Lipinski definition) is 5. The molecular formula is C25H27N3O3. The predicted molar refractivity (Wildman–Crippen MR) is 123 cm³/mol. The topological polar surface area (TPSA) is 81.6 Å². The highest BCUT2D eigenvalue weighted by Crippen LogP contribution is 2.39. The van der Waals surface area contributed by atoms with E-state index in [4.69, 9.17) is 4.74 Å². The molecule has 6 heteroatoms. The average molecular weight is 418 g/mol. The number of likely N-dealkylation sites (tertiary alicyclic amines) is 1. The Morgan fingerprint density at radius 3 is 2.81 bits per heavy atom. The van der Waals surface area contributed by atoms with Crippen LogP contribution >= 0.6 is 0 Å². The van der Waals surface area contributed by atoms with Gasteiger partial charge < -0.3 is 19.9 Å². The molecule has 0 aliphatic carbocycles. The van der Waals surface area contributed by atoms with Gasteiger partial charge in [-0.2, -0.15) is 0 Å². The van der Waals surface area contributed by atoms with Crippen molar-refractivity contribution in [1.29, 1.82) is 0 Å². The molecule has 160 valence electrons. The fourth-order valence-electron chi connectivity index (χ4n) is 4.43. The number of nitrogens with zero attached hydrogens (tertiary/aromatic N) is 2. The number of piperidine rings is 1. The van der Waals surface area contributed by atoms with Gasteiger partial charge in [0.25, 0.3) is 0 Å². The van der Waals surface area contributed by atoms with Crippen LogP contribution in [0.15, 0.2) is 48.7 Å². The summed E-state index contributed by atoms with van der Waals surface area (Å²) in [7, 11) is 0. The molecular weight excluding hydrogens is 390 g/mol. The third-order valence-corrected chi connectivity index (χ3v) is 6.08. The van der Waals surface area contributed by atoms with Gasteiger partial charge in [0.15, 0.2) is 0 Å². The van der Waals surface area contributed by atoms with Gasteiger partial charge in [0, 0.05) is 36.6 Å². The third kappa shape index (κ3) is 3.96. The molecule has 2 aromatic carbocycles. The number of aromatic amines is 1. The first kappa shape index (κ1) is 19.8. The Hall–Kier alpha value is -3.09. The SMILES string of the molecule is Cc1cnc2[nH]c3c(OCCN4CCC(O)CC4)ccc(-c4cccc(O)c4)c3c2c1. The maximum absolute atomic E-state index is 10.0. The van der Waals surface area contributed by atoms with Crippen molar-refractivity contribution in [3.05, 3.63) is 54.2 Å². The van der Waals surface area contributed by atoms with Crippen LogP contribution in [0.3, 0.4) is 0 Å². The lowest BCUT2D eigenvalue weighted by molar-refractivity contribution is 0.0756. The van der Waals surface area contributed by atoms with Gasteiger partial charge in [-0.1, -0.05) is 12.1 Å². The molecule has 3 heterocycles. The zero-order valence-corrected chi connectivity index (χ0v) is 17.6. The van der Waals surface area contributed by atoms with Gasteiger partial charge in [0.2, 0.25) is 0 Å². The molecule has 0 radical (unpaired) electrons. The highest BCUT2D eigenvalue weighted by Gasteiger charge is 2.18. The van der Waals surface area contributed by atoms with Gasteiger partial charge in [-0.15, -0.1) is 0 Å². The first-order valence-electron chi connectivity index (χ1n) is 10.8. The maximum Gasteiger partial charge on any atom is 0.143 e. The van der Waals surface area contributed by atoms with E-state index in [1.165, 1.54) is 0 Å². The van der Waals surface area contributed by atoms with E-state index in [0.717, 1.165) is 76.9 Å². The van der Waals surface area contributed by atoms with E-state index in [-0.39, 0.29) is 11.9 Å². The van der Waals surface area contributed by atoms with Crippen LogP contribution < -0.4 is 4.74 Å². The van der Waals surface area contributed by atoms with Crippen LogP contribution in [-0.2, 0) is 0 Å². The molecule has 0 spiro atoms. The standard InChI is InChI=1S/C25H27N3O3/c1-16-13-21-23-20(17-3-2-4-19(30)14-17)5-6-22(24(23)27-25(21)26-15-16)31-12-11-28-9-7-18(29)8-10-28/h2-6,13-15,18,29-30H,7-12H2,1H3,(H,26,27). The molecule has 31 heavy (non-hydrogen) atoms. The average Bonchev–Trinajstić information content (AvgIpc) is 3.14. The molecule has 0 amide bonds. The first-order chi connectivity index (χ1) is 15.1. The second kappa shape index (κ2) is 8.21. The van der Waals surface area contributed by atoms with Gasteiger partial charge >= 0.3 is 0 Å². The molecule has 6 nitrogen and oxygen atoms in total. The zero-order chi connectivity index (χ0) is 21.4. The Kier molecular flexibility index (Phi) is 5.26. The van der Waals surface area contributed by atoms with Crippen molar-refractivity contribution in [2.45, 2.75) is 25.9 Å². The van der Waals surface area contributed by atoms with Crippen molar-refractivity contribution in [3.63, 3.8) is 0 Å². The molecule has 2 aromatic heterocycles. The summed E-state index contributed by atoms with van der Waals surface area (Å²) in [5.74, 6) is 1.04. The Bertz CT molecular complexity index is 1230. The van der Waals surface area contributed by atoms with Crippen molar-refractivity contribution in [2.24, 2.45) is 0 Å². The summed E-state index contributed by atoms with van der Waals surface area (Å²) >= 11 is 0. The number of H-pyrrole nitrogens is 1. The molecule has 0 saturated carbocycles. The van der Waals surface area contributed by atoms with Crippen LogP contribution in [0.5, 0.6) is 11.5 Å². The molecule has 1 fully saturated rings. The number of ether oxygens (including phenoxy) is 1. The number of nitrogens with one attached hydrogen (secondary N) is 1. The van der Waals surface area contributed by atoms with Crippen molar-refractivity contribution in [2.75, 3.05) is 26.2 Å². The highest BCUT2D eigenvalue weighted by molar-refractivity contribution is 6.15. The number of phenols is 1. The molecule has 1 aliphatic rings. The predicted octanol–water partition coefficient (Wildman–Crippen LogP) is 4.23. The minimum atomic E-state index is -0.163. The minimum Gasteiger partial charge on any atom is -0.508 e. The Balaban J connectivity index is 1.51. The summed E-state index contributed by atoms with van der Waals surface area (Å²) < 4.78 is 6.21. The third-order valence-electron chi connectivity index (χ3n) is 6.08. The second-order valence-electron chi connectivity index (χ2n) is 8.37. The maximum atomic E-state index is 10.0. The lowest BCUT2D eigenvalue weighted by Gasteiger charge is -2.29. The number of aliphatic hydroxyl groups is 1. The summed E-state index contributed by atoms with van der Waals surface area (Å²) in [5.41, 5.74) is 4.81. The minimum absolute atomic E-state index is 0.163. The number of pyridine rings is 1. The van der Waals surface area contributed by atoms with Gasteiger partial charge in [0.05, 0.1) is 11.6 Å². The molecule has 4 aromatic rings. The van der Waals surface area contributed by atoms with Gasteiger partial charge in [-0.05, 0) is 66.8 Å². The molecule has 1 aliphatic heterocycles. The monoisotopic (exact) mass is 417 g/mol. The van der Waals surface area contributed by atoms with Crippen LogP contribution in [0.25, 0.3) is 33.1 Å². The fourth-order valence-corrected chi connectivity index (χ4v) is 4.43. The highest BCUT2D eigenvalue weighted by atomic mass is 16.5. The molecule has 3 N–H and O–H groups in total. The van der Waals surface area contributed by atoms with Crippen LogP contribution in [-0.4, -0.2) is 57.4 Å². The molecule has 1 saturated heterocycles. The number of benzene rings is 2. The summed E-state index contributed by atoms with van der Waals surface area (Å²) in [6.07, 6.45) is 3.35. The van der Waals surface area contributed by atoms with E-state index in [0.29, 0.717) is 6.61 Å². The zero-order valence-electron chi connectivity index (χ0n) is 17.6. The van der Waals surface area contributed by atoms with Crippen LogP contribution in [0.2, 0.25) is 0 Å². The fraction of sp³-hybridized carbons (Fsp3) is 0.320. The number of rotatable bonds is 5. The Morgan fingerprint density at radius 1 is 1.16 bits per heavy atom. The Labute approximate surface area is 181 Å². The van der Waals surface area contributed by atoms with Gasteiger partial charge in [0.1, 0.15) is 23.8 Å². The summed E-state index contributed by atoms with van der Waals surface area (Å²) in [6.45, 7) is 5.27. The van der Waals surface area contributed by atoms with Crippen LogP contribution in [0.4, 0.5) is 0 Å². The lowest BCUT2D eigenvalue weighted by atomic mass is 9.99. The Morgan fingerprint density at radius 2 is 2.00 bits per heavy atom. The van der Waals surface area contributed by atoms with Gasteiger partial charge in [-0.3, -0.25) is 4.90 Å². The number of aromatic nitrogens is 2. The van der Waals surface area contributed by atoms with Crippen molar-refractivity contribution < 1.29 is 14.9 Å². The van der Waals surface area contributed by atoms with E-state index < -0.39 is 0 Å². The lowest BCUT2D eigenvalue weighted by Crippen LogP contribution is -2.38. The van der Waals surface area contributed by atoms with Crippen LogP contribution in [0, 0.1) is 6.92 Å². The van der Waals surface area contributed by atoms with E-state index >= 15 is 0 Å². The van der Waals surface area contributed by atoms with E-state index in [9.17, 15) is 10.2 Å². The first-order valence-corrected chi connectivity index (χ1v) is 10.8. The molecule has 0 atom stereocenters. The van der Waals surface area contributed by atoms with E-state index in [1.54, 1.807) is 12.1 Å². The quantitative estimate of drug-likeness (QED) is 0.453. The summed E-state index contributed by atoms with van der Waals surface area (Å²) in [4.78, 5) is 10.4. The normalized spacial score (nSPS) is 15.7. The summed E-state index contributed by atoms with van der Waals surface area (Å²) in [6, 6.07) is 13.5. The molecule has 0 bridgehead atoms. The smallest absolute Gasteiger partial charge is 0.143 e. The number of aliphatic hydroxyl groups excluding tert-OH is 1. The largest absolute Gasteiger partial charge is 0.508 e. The van der Waals surface area contributed by atoms with Crippen molar-refractivity contribution >= 4 is 21.9 Å². The van der Waals surface area contributed by atoms with Crippen molar-refractivity contribution in [1.82, 2.24) is 14.9 Å². The molecule has 0 unspecified atom stereocenters. The number of hydrogen-bond donors (Lipinski definition) is 3. The van der Waals surface area contributed by atoms with E-state index in [2.05, 4.69) is 27.0 Å². The number of aryl methyl sites for hydroxylation is 1. The van der Waals surface area contributed by atoms with E-state index in [1.807, 2.05) is 31.3 Å². The van der Waals surface area contributed by atoms with Gasteiger partial charge in [-0.25, -0.2) is 4.98 Å². The number of phenolic OH excluding ortho intramolecular Hbond substituents is 1. The van der Waals surface area contributed by atoms with Crippen LogP contribution in [0.1, 0.15) is 18.4 Å². The second-order valence-corrected chi connectivity index (χ2v) is 8.37. The number of aromatic hydroxyl groups is 1. The van der Waals surface area contributed by atoms with Crippen molar-refractivity contribution in [3.8, 4) is 22.6 Å². The summed E-state index contributed by atoms with van der Waals surface area (Å²) in [5, 5.41) is 21.8. The number of fused-ring (bicyclic) bond motifs is 3. The molecule has 5 rings (SSSR count).